The Morgan fingerprint density at radius 3 is 2.84 bits per heavy atom. The highest BCUT2D eigenvalue weighted by molar-refractivity contribution is 5.92. The van der Waals surface area contributed by atoms with Crippen LogP contribution in [0.1, 0.15) is 25.3 Å². The Morgan fingerprint density at radius 1 is 1.42 bits per heavy atom. The number of likely N-dealkylation sites (tertiary alicyclic amines) is 1. The molecular weight excluding hydrogens is 238 g/mol. The van der Waals surface area contributed by atoms with Gasteiger partial charge in [0.15, 0.2) is 0 Å². The first-order valence-electron chi connectivity index (χ1n) is 7.04. The molecule has 1 heterocycles. The third-order valence-electron chi connectivity index (χ3n) is 3.62. The number of amides is 1. The minimum Gasteiger partial charge on any atom is -0.328 e. The van der Waals surface area contributed by atoms with Gasteiger partial charge in [0.1, 0.15) is 0 Å². The van der Waals surface area contributed by atoms with Crippen LogP contribution in [0, 0.1) is 0 Å². The molecule has 0 bridgehead atoms. The third-order valence-corrected chi connectivity index (χ3v) is 3.62. The van der Waals surface area contributed by atoms with Gasteiger partial charge < -0.3 is 11.1 Å². The average Bonchev–Trinajstić information content (AvgIpc) is 2.41. The number of hydrogen-bond donors (Lipinski definition) is 2. The second kappa shape index (κ2) is 6.68. The summed E-state index contributed by atoms with van der Waals surface area (Å²) < 4.78 is 0. The fraction of sp³-hybridized carbons (Fsp3) is 0.533. The van der Waals surface area contributed by atoms with Gasteiger partial charge in [0.2, 0.25) is 5.91 Å². The van der Waals surface area contributed by atoms with Gasteiger partial charge in [0, 0.05) is 24.8 Å². The maximum Gasteiger partial charge on any atom is 0.238 e. The summed E-state index contributed by atoms with van der Waals surface area (Å²) in [4.78, 5) is 14.1. The summed E-state index contributed by atoms with van der Waals surface area (Å²) in [7, 11) is 0. The van der Waals surface area contributed by atoms with E-state index < -0.39 is 0 Å². The van der Waals surface area contributed by atoms with Crippen molar-refractivity contribution in [3.63, 3.8) is 0 Å². The number of anilines is 1. The monoisotopic (exact) mass is 261 g/mol. The smallest absolute Gasteiger partial charge is 0.238 e. The van der Waals surface area contributed by atoms with E-state index >= 15 is 0 Å². The third kappa shape index (κ3) is 4.33. The zero-order valence-corrected chi connectivity index (χ0v) is 11.6. The van der Waals surface area contributed by atoms with Crippen molar-refractivity contribution in [2.24, 2.45) is 5.73 Å². The molecule has 0 aliphatic carbocycles. The molecule has 3 N–H and O–H groups in total. The molecule has 2 rings (SSSR count). The van der Waals surface area contributed by atoms with E-state index in [4.69, 9.17) is 5.73 Å². The first kappa shape index (κ1) is 14.0. The highest BCUT2D eigenvalue weighted by atomic mass is 16.2. The summed E-state index contributed by atoms with van der Waals surface area (Å²) in [6.07, 6.45) is 2.95. The van der Waals surface area contributed by atoms with Crippen LogP contribution in [-0.2, 0) is 11.2 Å². The van der Waals surface area contributed by atoms with E-state index in [1.807, 2.05) is 18.2 Å². The van der Waals surface area contributed by atoms with Crippen molar-refractivity contribution in [1.29, 1.82) is 0 Å². The van der Waals surface area contributed by atoms with Crippen LogP contribution in [0.15, 0.2) is 24.3 Å². The number of carbonyl (C=O) groups is 1. The maximum atomic E-state index is 12.0. The Balaban J connectivity index is 1.83. The molecule has 1 amide bonds. The van der Waals surface area contributed by atoms with Gasteiger partial charge in [0.05, 0.1) is 6.54 Å². The van der Waals surface area contributed by atoms with Crippen molar-refractivity contribution < 1.29 is 4.79 Å². The lowest BCUT2D eigenvalue weighted by Gasteiger charge is -2.29. The molecule has 1 aliphatic rings. The van der Waals surface area contributed by atoms with E-state index in [1.54, 1.807) is 0 Å². The maximum absolute atomic E-state index is 12.0. The van der Waals surface area contributed by atoms with Crippen molar-refractivity contribution in [3.05, 3.63) is 29.8 Å². The number of benzene rings is 1. The van der Waals surface area contributed by atoms with Gasteiger partial charge >= 0.3 is 0 Å². The van der Waals surface area contributed by atoms with Crippen LogP contribution in [0.5, 0.6) is 0 Å². The summed E-state index contributed by atoms with van der Waals surface area (Å²) >= 11 is 0. The van der Waals surface area contributed by atoms with E-state index in [0.29, 0.717) is 12.6 Å². The Morgan fingerprint density at radius 2 is 2.16 bits per heavy atom. The van der Waals surface area contributed by atoms with Crippen LogP contribution < -0.4 is 11.1 Å². The predicted molar refractivity (Wildman–Crippen MR) is 78.1 cm³/mol. The quantitative estimate of drug-likeness (QED) is 0.865. The molecule has 19 heavy (non-hydrogen) atoms. The molecule has 0 atom stereocenters. The van der Waals surface area contributed by atoms with Gasteiger partial charge in [-0.25, -0.2) is 0 Å². The summed E-state index contributed by atoms with van der Waals surface area (Å²) in [5.74, 6) is 0.0590. The topological polar surface area (TPSA) is 58.4 Å². The van der Waals surface area contributed by atoms with Gasteiger partial charge in [0.25, 0.3) is 0 Å². The van der Waals surface area contributed by atoms with Crippen LogP contribution in [0.2, 0.25) is 0 Å². The first-order valence-corrected chi connectivity index (χ1v) is 7.04. The second-order valence-corrected chi connectivity index (χ2v) is 5.22. The minimum absolute atomic E-state index is 0.0590. The van der Waals surface area contributed by atoms with Crippen molar-refractivity contribution in [2.75, 3.05) is 25.0 Å². The fourth-order valence-electron chi connectivity index (χ4n) is 2.38. The zero-order chi connectivity index (χ0) is 13.7. The summed E-state index contributed by atoms with van der Waals surface area (Å²) in [6.45, 7) is 4.41. The van der Waals surface area contributed by atoms with Crippen LogP contribution in [0.25, 0.3) is 0 Å². The molecule has 0 aromatic heterocycles. The number of piperidine rings is 1. The molecule has 1 saturated heterocycles. The van der Waals surface area contributed by atoms with E-state index in [1.165, 1.54) is 5.56 Å². The average molecular weight is 261 g/mol. The highest BCUT2D eigenvalue weighted by Crippen LogP contribution is 2.12. The normalized spacial score (nSPS) is 17.4. The molecule has 1 aliphatic heterocycles. The largest absolute Gasteiger partial charge is 0.328 e. The van der Waals surface area contributed by atoms with Crippen molar-refractivity contribution >= 4 is 11.6 Å². The number of hydrogen-bond acceptors (Lipinski definition) is 3. The van der Waals surface area contributed by atoms with Crippen LogP contribution in [-0.4, -0.2) is 36.5 Å². The van der Waals surface area contributed by atoms with Crippen LogP contribution >= 0.6 is 0 Å². The molecule has 104 valence electrons. The Kier molecular flexibility index (Phi) is 4.93. The Labute approximate surface area is 115 Å². The van der Waals surface area contributed by atoms with Crippen LogP contribution in [0.4, 0.5) is 5.69 Å². The Hall–Kier alpha value is -1.39. The number of carbonyl (C=O) groups excluding carboxylic acids is 1. The molecule has 0 spiro atoms. The lowest BCUT2D eigenvalue weighted by atomic mass is 10.1. The molecule has 1 fully saturated rings. The number of nitrogens with one attached hydrogen (secondary N) is 1. The van der Waals surface area contributed by atoms with Gasteiger partial charge in [-0.2, -0.15) is 0 Å². The number of rotatable bonds is 4. The first-order chi connectivity index (χ1) is 9.17. The van der Waals surface area contributed by atoms with Crippen molar-refractivity contribution in [2.45, 2.75) is 32.2 Å². The number of aryl methyl sites for hydroxylation is 1. The number of nitrogens with zero attached hydrogens (tertiary/aromatic N) is 1. The van der Waals surface area contributed by atoms with Crippen molar-refractivity contribution in [3.8, 4) is 0 Å². The summed E-state index contributed by atoms with van der Waals surface area (Å²) in [5.41, 5.74) is 7.98. The predicted octanol–water partition coefficient (Wildman–Crippen LogP) is 1.61. The molecule has 0 saturated carbocycles. The molecule has 0 radical (unpaired) electrons. The highest BCUT2D eigenvalue weighted by Gasteiger charge is 2.18. The van der Waals surface area contributed by atoms with Gasteiger partial charge in [-0.15, -0.1) is 0 Å². The van der Waals surface area contributed by atoms with E-state index in [2.05, 4.69) is 23.2 Å². The van der Waals surface area contributed by atoms with E-state index in [9.17, 15) is 4.79 Å². The molecule has 4 heteroatoms. The van der Waals surface area contributed by atoms with E-state index in [0.717, 1.165) is 38.0 Å². The lowest BCUT2D eigenvalue weighted by molar-refractivity contribution is -0.117. The standard InChI is InChI=1S/C15H23N3O/c1-2-12-4-3-5-14(10-12)17-15(19)11-18-8-6-13(16)7-9-18/h3-5,10,13H,2,6-9,11,16H2,1H3,(H,17,19). The summed E-state index contributed by atoms with van der Waals surface area (Å²) in [6, 6.07) is 8.32. The SMILES string of the molecule is CCc1cccc(NC(=O)CN2CCC(N)CC2)c1. The van der Waals surface area contributed by atoms with Crippen LogP contribution in [0.3, 0.4) is 0 Å². The van der Waals surface area contributed by atoms with Gasteiger partial charge in [-0.3, -0.25) is 9.69 Å². The second-order valence-electron chi connectivity index (χ2n) is 5.22. The minimum atomic E-state index is 0.0590. The molecular formula is C15H23N3O. The molecule has 1 aromatic carbocycles. The van der Waals surface area contributed by atoms with Gasteiger partial charge in [-0.1, -0.05) is 19.1 Å². The van der Waals surface area contributed by atoms with Crippen molar-refractivity contribution in [1.82, 2.24) is 4.90 Å². The zero-order valence-electron chi connectivity index (χ0n) is 11.6. The van der Waals surface area contributed by atoms with Gasteiger partial charge in [-0.05, 0) is 37.0 Å². The molecule has 0 unspecified atom stereocenters. The molecule has 4 nitrogen and oxygen atoms in total. The fourth-order valence-corrected chi connectivity index (χ4v) is 2.38. The lowest BCUT2D eigenvalue weighted by Crippen LogP contribution is -2.43. The Bertz CT molecular complexity index is 425. The van der Waals surface area contributed by atoms with E-state index in [-0.39, 0.29) is 5.91 Å². The molecule has 1 aromatic rings. The number of nitrogens with two attached hydrogens (primary N) is 1. The summed E-state index contributed by atoms with van der Waals surface area (Å²) in [5, 5.41) is 2.96.